The molecule has 1 aliphatic heterocycles. The van der Waals surface area contributed by atoms with Gasteiger partial charge in [-0.15, -0.1) is 0 Å². The molecular weight excluding hydrogens is 683 g/mol. The van der Waals surface area contributed by atoms with Crippen LogP contribution in [0.4, 0.5) is 17.1 Å². The maximum Gasteiger partial charge on any atom is 0.146 e. The number of benzene rings is 8. The Kier molecular flexibility index (Phi) is 7.52. The zero-order chi connectivity index (χ0) is 37.0. The first-order valence-electron chi connectivity index (χ1n) is 19.1. The lowest BCUT2D eigenvalue weighted by Crippen LogP contribution is -2.39. The van der Waals surface area contributed by atoms with E-state index in [4.69, 9.17) is 9.41 Å². The van der Waals surface area contributed by atoms with Gasteiger partial charge < -0.3 is 14.6 Å². The Hall–Kier alpha value is -7.43. The van der Waals surface area contributed by atoms with Crippen LogP contribution in [0, 0.1) is 0 Å². The Morgan fingerprint density at radius 1 is 0.500 bits per heavy atom. The zero-order valence-electron chi connectivity index (χ0n) is 30.4. The van der Waals surface area contributed by atoms with Crippen LogP contribution >= 0.6 is 0 Å². The summed E-state index contributed by atoms with van der Waals surface area (Å²) in [5, 5.41) is 10.6. The number of anilines is 3. The van der Waals surface area contributed by atoms with Crippen LogP contribution in [0.15, 0.2) is 215 Å². The van der Waals surface area contributed by atoms with Gasteiger partial charge in [0.15, 0.2) is 0 Å². The third-order valence-electron chi connectivity index (χ3n) is 11.0. The fourth-order valence-electron chi connectivity index (χ4n) is 8.40. The summed E-state index contributed by atoms with van der Waals surface area (Å²) in [6.45, 7) is 0. The molecule has 0 spiro atoms. The molecule has 1 N–H and O–H groups in total. The van der Waals surface area contributed by atoms with Crippen molar-refractivity contribution >= 4 is 72.1 Å². The number of fused-ring (bicyclic) bond motifs is 7. The van der Waals surface area contributed by atoms with Crippen molar-refractivity contribution in [1.29, 1.82) is 0 Å². The molecule has 8 aromatic carbocycles. The van der Waals surface area contributed by atoms with Gasteiger partial charge in [0, 0.05) is 44.1 Å². The van der Waals surface area contributed by atoms with Crippen molar-refractivity contribution in [2.75, 3.05) is 4.90 Å². The van der Waals surface area contributed by atoms with E-state index in [1.165, 1.54) is 10.8 Å². The lowest BCUT2D eigenvalue weighted by atomic mass is 9.93. The first-order chi connectivity index (χ1) is 27.8. The third-order valence-corrected chi connectivity index (χ3v) is 11.0. The highest BCUT2D eigenvalue weighted by molar-refractivity contribution is 6.21. The van der Waals surface area contributed by atoms with Gasteiger partial charge in [-0.25, -0.2) is 4.99 Å². The van der Waals surface area contributed by atoms with Gasteiger partial charge >= 0.3 is 0 Å². The SMILES string of the molecule is C1=CC2=C(c3ccccc3)N=C(c3cc(-c4cccc(N(c5ccccc5)c5cccc6ccccc56)c4)cc4c3oc3c5ccccc5ccc43)NC2C=C1. The van der Waals surface area contributed by atoms with Crippen molar-refractivity contribution in [3.8, 4) is 11.1 Å². The number of furan rings is 1. The van der Waals surface area contributed by atoms with Crippen LogP contribution in [0.5, 0.6) is 0 Å². The second-order valence-corrected chi connectivity index (χ2v) is 14.4. The van der Waals surface area contributed by atoms with E-state index in [2.05, 4.69) is 204 Å². The van der Waals surface area contributed by atoms with E-state index < -0.39 is 0 Å². The van der Waals surface area contributed by atoms with Crippen LogP contribution in [0.2, 0.25) is 0 Å². The van der Waals surface area contributed by atoms with Crippen LogP contribution in [0.25, 0.3) is 60.3 Å². The second kappa shape index (κ2) is 13.2. The van der Waals surface area contributed by atoms with Gasteiger partial charge in [-0.3, -0.25) is 0 Å². The number of hydrogen-bond acceptors (Lipinski definition) is 4. The van der Waals surface area contributed by atoms with Gasteiger partial charge in [-0.05, 0) is 70.4 Å². The maximum absolute atomic E-state index is 6.96. The molecule has 0 amide bonds. The Morgan fingerprint density at radius 3 is 2.05 bits per heavy atom. The Balaban J connectivity index is 1.15. The van der Waals surface area contributed by atoms with E-state index in [0.717, 1.165) is 89.1 Å². The van der Waals surface area contributed by atoms with Crippen molar-refractivity contribution < 1.29 is 4.42 Å². The van der Waals surface area contributed by atoms with E-state index >= 15 is 0 Å². The average Bonchev–Trinajstić information content (AvgIpc) is 3.66. The minimum atomic E-state index is -0.0323. The van der Waals surface area contributed by atoms with Gasteiger partial charge in [0.25, 0.3) is 0 Å². The van der Waals surface area contributed by atoms with Crippen LogP contribution in [0.1, 0.15) is 11.1 Å². The monoisotopic (exact) mass is 717 g/mol. The number of allylic oxidation sites excluding steroid dienone is 2. The van der Waals surface area contributed by atoms with Gasteiger partial charge in [-0.2, -0.15) is 0 Å². The van der Waals surface area contributed by atoms with E-state index in [-0.39, 0.29) is 6.04 Å². The quantitative estimate of drug-likeness (QED) is 0.186. The minimum Gasteiger partial charge on any atom is -0.455 e. The lowest BCUT2D eigenvalue weighted by Gasteiger charge is -2.28. The summed E-state index contributed by atoms with van der Waals surface area (Å²) in [4.78, 5) is 7.77. The summed E-state index contributed by atoms with van der Waals surface area (Å²) in [5.41, 5.74) is 11.3. The molecule has 9 aromatic rings. The molecule has 0 fully saturated rings. The van der Waals surface area contributed by atoms with Crippen LogP contribution in [0.3, 0.4) is 0 Å². The highest BCUT2D eigenvalue weighted by Gasteiger charge is 2.27. The average molecular weight is 718 g/mol. The maximum atomic E-state index is 6.96. The first-order valence-corrected chi connectivity index (χ1v) is 19.1. The third kappa shape index (κ3) is 5.34. The van der Waals surface area contributed by atoms with Crippen molar-refractivity contribution in [2.24, 2.45) is 4.99 Å². The first kappa shape index (κ1) is 32.0. The summed E-state index contributed by atoms with van der Waals surface area (Å²) in [6.07, 6.45) is 8.56. The Labute approximate surface area is 324 Å². The number of hydrogen-bond donors (Lipinski definition) is 1. The molecule has 1 unspecified atom stereocenters. The number of aliphatic imine (C=N–C) groups is 1. The highest BCUT2D eigenvalue weighted by atomic mass is 16.3. The Bertz CT molecular complexity index is 3110. The molecule has 2 aliphatic rings. The van der Waals surface area contributed by atoms with E-state index in [0.29, 0.717) is 0 Å². The topological polar surface area (TPSA) is 40.8 Å². The van der Waals surface area contributed by atoms with Crippen molar-refractivity contribution in [3.63, 3.8) is 0 Å². The second-order valence-electron chi connectivity index (χ2n) is 14.4. The van der Waals surface area contributed by atoms with Crippen LogP contribution < -0.4 is 10.2 Å². The van der Waals surface area contributed by atoms with Gasteiger partial charge in [0.2, 0.25) is 0 Å². The fourth-order valence-corrected chi connectivity index (χ4v) is 8.40. The molecule has 264 valence electrons. The molecule has 0 saturated carbocycles. The molecule has 0 saturated heterocycles. The number of para-hydroxylation sites is 1. The lowest BCUT2D eigenvalue weighted by molar-refractivity contribution is 0.671. The number of nitrogens with zero attached hydrogens (tertiary/aromatic N) is 2. The predicted molar refractivity (Wildman–Crippen MR) is 234 cm³/mol. The van der Waals surface area contributed by atoms with Crippen LogP contribution in [-0.4, -0.2) is 11.9 Å². The zero-order valence-corrected chi connectivity index (χ0v) is 30.4. The smallest absolute Gasteiger partial charge is 0.146 e. The molecule has 0 bridgehead atoms. The van der Waals surface area contributed by atoms with E-state index in [9.17, 15) is 0 Å². The molecule has 1 aromatic heterocycles. The Morgan fingerprint density at radius 2 is 1.20 bits per heavy atom. The summed E-state index contributed by atoms with van der Waals surface area (Å²) in [7, 11) is 0. The summed E-state index contributed by atoms with van der Waals surface area (Å²) in [6, 6.07) is 62.4. The van der Waals surface area contributed by atoms with Crippen molar-refractivity contribution in [1.82, 2.24) is 5.32 Å². The summed E-state index contributed by atoms with van der Waals surface area (Å²) in [5.74, 6) is 0.783. The van der Waals surface area contributed by atoms with E-state index in [1.807, 2.05) is 6.07 Å². The molecule has 4 heteroatoms. The molecule has 2 heterocycles. The number of amidine groups is 1. The highest BCUT2D eigenvalue weighted by Crippen LogP contribution is 2.43. The van der Waals surface area contributed by atoms with Crippen LogP contribution in [-0.2, 0) is 0 Å². The fraction of sp³-hybridized carbons (Fsp3) is 0.0192. The molecule has 1 atom stereocenters. The summed E-state index contributed by atoms with van der Waals surface area (Å²) >= 11 is 0. The normalized spacial score (nSPS) is 15.0. The van der Waals surface area contributed by atoms with Gasteiger partial charge in [-0.1, -0.05) is 152 Å². The largest absolute Gasteiger partial charge is 0.455 e. The molecule has 1 aliphatic carbocycles. The van der Waals surface area contributed by atoms with Crippen molar-refractivity contribution in [2.45, 2.75) is 6.04 Å². The van der Waals surface area contributed by atoms with Gasteiger partial charge in [0.05, 0.1) is 23.0 Å². The molecule has 4 nitrogen and oxygen atoms in total. The number of rotatable bonds is 6. The molecular formula is C52H35N3O. The molecule has 56 heavy (non-hydrogen) atoms. The van der Waals surface area contributed by atoms with Gasteiger partial charge in [0.1, 0.15) is 17.0 Å². The minimum absolute atomic E-state index is 0.0323. The molecule has 0 radical (unpaired) electrons. The summed E-state index contributed by atoms with van der Waals surface area (Å²) < 4.78 is 6.96. The standard InChI is InChI=1S/C52H35N3O/c1-3-17-36(18-4-1)49-44-26-11-12-27-47(44)53-52(54-49)46-33-38(32-45-43-30-29-35-16-8-10-25-42(35)50(43)56-51(45)46)37-20-13-23-40(31-37)55(39-21-5-2-6-22-39)48-28-14-19-34-15-7-9-24-41(34)48/h1-33,47H,(H,53,54). The number of nitrogens with one attached hydrogen (secondary N) is 1. The van der Waals surface area contributed by atoms with Crippen molar-refractivity contribution in [3.05, 3.63) is 217 Å². The molecule has 11 rings (SSSR count). The predicted octanol–water partition coefficient (Wildman–Crippen LogP) is 13.3. The van der Waals surface area contributed by atoms with E-state index in [1.54, 1.807) is 0 Å².